The maximum absolute atomic E-state index is 11.2. The Balaban J connectivity index is 2.46. The van der Waals surface area contributed by atoms with Crippen molar-refractivity contribution in [2.45, 2.75) is 32.9 Å². The van der Waals surface area contributed by atoms with Crippen molar-refractivity contribution in [1.29, 1.82) is 0 Å². The summed E-state index contributed by atoms with van der Waals surface area (Å²) >= 11 is 0. The minimum Gasteiger partial charge on any atom is -0.392 e. The molecule has 0 fully saturated rings. The fourth-order valence-electron chi connectivity index (χ4n) is 1.35. The van der Waals surface area contributed by atoms with Crippen LogP contribution in [-0.4, -0.2) is 11.0 Å². The van der Waals surface area contributed by atoms with E-state index in [0.29, 0.717) is 13.0 Å². The van der Waals surface area contributed by atoms with Crippen LogP contribution in [0.3, 0.4) is 0 Å². The van der Waals surface area contributed by atoms with Crippen molar-refractivity contribution in [3.8, 4) is 0 Å². The van der Waals surface area contributed by atoms with Crippen LogP contribution in [0, 0.1) is 0 Å². The average Bonchev–Trinajstić information content (AvgIpc) is 2.27. The zero-order chi connectivity index (χ0) is 11.1. The standard InChI is InChI=1S/C12H17NO2/c1-2-4-12(15)13-8-10-5-3-6-11(7-10)9-14/h3,5-7,14H,2,4,8-9H2,1H3,(H,13,15). The Morgan fingerprint density at radius 3 is 2.80 bits per heavy atom. The summed E-state index contributed by atoms with van der Waals surface area (Å²) in [5.41, 5.74) is 1.89. The van der Waals surface area contributed by atoms with Crippen molar-refractivity contribution in [2.24, 2.45) is 0 Å². The van der Waals surface area contributed by atoms with Crippen molar-refractivity contribution in [1.82, 2.24) is 5.32 Å². The van der Waals surface area contributed by atoms with Gasteiger partial charge in [-0.15, -0.1) is 0 Å². The van der Waals surface area contributed by atoms with E-state index in [1.54, 1.807) is 0 Å². The third-order valence-corrected chi connectivity index (χ3v) is 2.14. The molecule has 2 N–H and O–H groups in total. The smallest absolute Gasteiger partial charge is 0.220 e. The van der Waals surface area contributed by atoms with Gasteiger partial charge in [0.05, 0.1) is 6.61 Å². The number of aliphatic hydroxyl groups is 1. The third kappa shape index (κ3) is 4.13. The molecule has 1 aromatic rings. The van der Waals surface area contributed by atoms with Gasteiger partial charge in [-0.1, -0.05) is 31.2 Å². The van der Waals surface area contributed by atoms with E-state index in [1.165, 1.54) is 0 Å². The first-order valence-electron chi connectivity index (χ1n) is 5.21. The molecule has 0 saturated heterocycles. The number of carbonyl (C=O) groups excluding carboxylic acids is 1. The Labute approximate surface area is 90.1 Å². The van der Waals surface area contributed by atoms with Crippen LogP contribution in [0.25, 0.3) is 0 Å². The number of hydrogen-bond donors (Lipinski definition) is 2. The van der Waals surface area contributed by atoms with Crippen LogP contribution in [0.4, 0.5) is 0 Å². The van der Waals surface area contributed by atoms with Crippen LogP contribution < -0.4 is 5.32 Å². The molecule has 0 spiro atoms. The van der Waals surface area contributed by atoms with Gasteiger partial charge in [-0.05, 0) is 17.5 Å². The largest absolute Gasteiger partial charge is 0.392 e. The number of rotatable bonds is 5. The van der Waals surface area contributed by atoms with Crippen LogP contribution in [-0.2, 0) is 17.9 Å². The van der Waals surface area contributed by atoms with Gasteiger partial charge in [0.15, 0.2) is 0 Å². The highest BCUT2D eigenvalue weighted by atomic mass is 16.3. The van der Waals surface area contributed by atoms with Crippen molar-refractivity contribution >= 4 is 5.91 Å². The van der Waals surface area contributed by atoms with Gasteiger partial charge in [0, 0.05) is 13.0 Å². The summed E-state index contributed by atoms with van der Waals surface area (Å²) in [6, 6.07) is 7.57. The van der Waals surface area contributed by atoms with Crippen molar-refractivity contribution in [2.75, 3.05) is 0 Å². The predicted octanol–water partition coefficient (Wildman–Crippen LogP) is 1.60. The zero-order valence-corrected chi connectivity index (χ0v) is 8.99. The van der Waals surface area contributed by atoms with Gasteiger partial charge < -0.3 is 10.4 Å². The molecule has 1 aromatic carbocycles. The quantitative estimate of drug-likeness (QED) is 0.770. The number of carbonyl (C=O) groups is 1. The average molecular weight is 207 g/mol. The molecule has 0 saturated carbocycles. The zero-order valence-electron chi connectivity index (χ0n) is 8.99. The summed E-state index contributed by atoms with van der Waals surface area (Å²) in [4.78, 5) is 11.2. The molecular formula is C12H17NO2. The lowest BCUT2D eigenvalue weighted by molar-refractivity contribution is -0.121. The molecule has 1 amide bonds. The molecule has 0 aliphatic heterocycles. The van der Waals surface area contributed by atoms with Crippen LogP contribution in [0.5, 0.6) is 0 Å². The second kappa shape index (κ2) is 6.19. The van der Waals surface area contributed by atoms with Crippen LogP contribution in [0.2, 0.25) is 0 Å². The lowest BCUT2D eigenvalue weighted by Crippen LogP contribution is -2.22. The van der Waals surface area contributed by atoms with Gasteiger partial charge in [-0.3, -0.25) is 4.79 Å². The highest BCUT2D eigenvalue weighted by Crippen LogP contribution is 2.04. The minimum absolute atomic E-state index is 0.0384. The number of aliphatic hydroxyl groups excluding tert-OH is 1. The van der Waals surface area contributed by atoms with E-state index >= 15 is 0 Å². The van der Waals surface area contributed by atoms with Crippen molar-refractivity contribution in [3.05, 3.63) is 35.4 Å². The second-order valence-electron chi connectivity index (χ2n) is 3.50. The van der Waals surface area contributed by atoms with E-state index in [2.05, 4.69) is 5.32 Å². The molecule has 3 heteroatoms. The molecule has 15 heavy (non-hydrogen) atoms. The fraction of sp³-hybridized carbons (Fsp3) is 0.417. The molecule has 0 aliphatic rings. The third-order valence-electron chi connectivity index (χ3n) is 2.14. The molecule has 0 aliphatic carbocycles. The fourth-order valence-corrected chi connectivity index (χ4v) is 1.35. The molecular weight excluding hydrogens is 190 g/mol. The van der Waals surface area contributed by atoms with Crippen molar-refractivity contribution in [3.63, 3.8) is 0 Å². The summed E-state index contributed by atoms with van der Waals surface area (Å²) in [5, 5.41) is 11.8. The maximum Gasteiger partial charge on any atom is 0.220 e. The summed E-state index contributed by atoms with van der Waals surface area (Å²) < 4.78 is 0. The van der Waals surface area contributed by atoms with E-state index in [0.717, 1.165) is 17.5 Å². The van der Waals surface area contributed by atoms with E-state index in [-0.39, 0.29) is 12.5 Å². The molecule has 0 atom stereocenters. The molecule has 3 nitrogen and oxygen atoms in total. The topological polar surface area (TPSA) is 49.3 Å². The molecule has 1 rings (SSSR count). The Morgan fingerprint density at radius 2 is 2.13 bits per heavy atom. The van der Waals surface area contributed by atoms with Crippen LogP contribution in [0.15, 0.2) is 24.3 Å². The van der Waals surface area contributed by atoms with Gasteiger partial charge in [0.25, 0.3) is 0 Å². The van der Waals surface area contributed by atoms with E-state index < -0.39 is 0 Å². The highest BCUT2D eigenvalue weighted by Gasteiger charge is 1.99. The van der Waals surface area contributed by atoms with Gasteiger partial charge >= 0.3 is 0 Å². The first-order chi connectivity index (χ1) is 7.26. The maximum atomic E-state index is 11.2. The lowest BCUT2D eigenvalue weighted by atomic mass is 10.1. The molecule has 0 heterocycles. The minimum atomic E-state index is 0.0384. The van der Waals surface area contributed by atoms with Crippen LogP contribution in [0.1, 0.15) is 30.9 Å². The number of amides is 1. The summed E-state index contributed by atoms with van der Waals surface area (Å²) in [7, 11) is 0. The Morgan fingerprint density at radius 1 is 1.40 bits per heavy atom. The number of benzene rings is 1. The summed E-state index contributed by atoms with van der Waals surface area (Å²) in [5.74, 6) is 0.0758. The Hall–Kier alpha value is -1.35. The van der Waals surface area contributed by atoms with Gasteiger partial charge in [0.2, 0.25) is 5.91 Å². The Kier molecular flexibility index (Phi) is 4.84. The molecule has 0 unspecified atom stereocenters. The van der Waals surface area contributed by atoms with Gasteiger partial charge in [-0.25, -0.2) is 0 Å². The van der Waals surface area contributed by atoms with E-state index in [1.807, 2.05) is 31.2 Å². The molecule has 0 radical (unpaired) electrons. The number of nitrogens with one attached hydrogen (secondary N) is 1. The highest BCUT2D eigenvalue weighted by molar-refractivity contribution is 5.75. The first-order valence-corrected chi connectivity index (χ1v) is 5.21. The molecule has 82 valence electrons. The summed E-state index contributed by atoms with van der Waals surface area (Å²) in [6.45, 7) is 2.55. The van der Waals surface area contributed by atoms with E-state index in [9.17, 15) is 4.79 Å². The molecule has 0 aromatic heterocycles. The number of hydrogen-bond acceptors (Lipinski definition) is 2. The van der Waals surface area contributed by atoms with Gasteiger partial charge in [0.1, 0.15) is 0 Å². The first kappa shape index (κ1) is 11.7. The molecule has 0 bridgehead atoms. The SMILES string of the molecule is CCCC(=O)NCc1cccc(CO)c1. The van der Waals surface area contributed by atoms with Gasteiger partial charge in [-0.2, -0.15) is 0 Å². The Bertz CT molecular complexity index is 323. The predicted molar refractivity (Wildman–Crippen MR) is 59.1 cm³/mol. The normalized spacial score (nSPS) is 10.0. The van der Waals surface area contributed by atoms with E-state index in [4.69, 9.17) is 5.11 Å². The second-order valence-corrected chi connectivity index (χ2v) is 3.50. The van der Waals surface area contributed by atoms with Crippen molar-refractivity contribution < 1.29 is 9.90 Å². The lowest BCUT2D eigenvalue weighted by Gasteiger charge is -2.05. The van der Waals surface area contributed by atoms with Crippen LogP contribution >= 0.6 is 0 Å². The summed E-state index contributed by atoms with van der Waals surface area (Å²) in [6.07, 6.45) is 1.43. The monoisotopic (exact) mass is 207 g/mol.